The fourth-order valence-corrected chi connectivity index (χ4v) is 2.54. The molecule has 0 saturated carbocycles. The SMILES string of the molecule is COCCCC(N)C(=O)N1CCCC1CCCO. The van der Waals surface area contributed by atoms with Gasteiger partial charge in [0.1, 0.15) is 0 Å². The molecule has 2 atom stereocenters. The summed E-state index contributed by atoms with van der Waals surface area (Å²) in [4.78, 5) is 14.1. The number of ether oxygens (including phenoxy) is 1. The lowest BCUT2D eigenvalue weighted by Crippen LogP contribution is -2.46. The number of rotatable bonds is 8. The van der Waals surface area contributed by atoms with Gasteiger partial charge in [0.25, 0.3) is 0 Å². The third-order valence-electron chi connectivity index (χ3n) is 3.54. The highest BCUT2D eigenvalue weighted by Gasteiger charge is 2.30. The van der Waals surface area contributed by atoms with Crippen LogP contribution in [0.2, 0.25) is 0 Å². The van der Waals surface area contributed by atoms with E-state index in [4.69, 9.17) is 15.6 Å². The van der Waals surface area contributed by atoms with E-state index in [0.29, 0.717) is 13.0 Å². The molecule has 18 heavy (non-hydrogen) atoms. The van der Waals surface area contributed by atoms with Gasteiger partial charge in [0.05, 0.1) is 6.04 Å². The first-order valence-electron chi connectivity index (χ1n) is 6.86. The number of hydrogen-bond acceptors (Lipinski definition) is 4. The number of aliphatic hydroxyl groups is 1. The maximum absolute atomic E-state index is 12.2. The molecule has 1 rings (SSSR count). The summed E-state index contributed by atoms with van der Waals surface area (Å²) >= 11 is 0. The monoisotopic (exact) mass is 258 g/mol. The summed E-state index contributed by atoms with van der Waals surface area (Å²) in [6, 6.07) is -0.131. The number of nitrogens with zero attached hydrogens (tertiary/aromatic N) is 1. The van der Waals surface area contributed by atoms with Crippen molar-refractivity contribution in [1.29, 1.82) is 0 Å². The Labute approximate surface area is 109 Å². The van der Waals surface area contributed by atoms with Crippen molar-refractivity contribution in [3.05, 3.63) is 0 Å². The molecule has 5 nitrogen and oxygen atoms in total. The Morgan fingerprint density at radius 2 is 2.33 bits per heavy atom. The molecule has 0 radical (unpaired) electrons. The highest BCUT2D eigenvalue weighted by molar-refractivity contribution is 5.82. The molecule has 5 heteroatoms. The summed E-state index contributed by atoms with van der Waals surface area (Å²) in [5, 5.41) is 8.86. The van der Waals surface area contributed by atoms with Gasteiger partial charge in [-0.15, -0.1) is 0 Å². The van der Waals surface area contributed by atoms with E-state index in [2.05, 4.69) is 0 Å². The zero-order valence-corrected chi connectivity index (χ0v) is 11.3. The van der Waals surface area contributed by atoms with Crippen molar-refractivity contribution in [2.45, 2.75) is 50.6 Å². The summed E-state index contributed by atoms with van der Waals surface area (Å²) in [5.74, 6) is 0.0616. The minimum absolute atomic E-state index is 0.0616. The van der Waals surface area contributed by atoms with Crippen molar-refractivity contribution in [2.75, 3.05) is 26.9 Å². The van der Waals surface area contributed by atoms with Crippen LogP contribution in [0, 0.1) is 0 Å². The average Bonchev–Trinajstić information content (AvgIpc) is 2.83. The second-order valence-corrected chi connectivity index (χ2v) is 4.94. The Morgan fingerprint density at radius 3 is 3.00 bits per heavy atom. The van der Waals surface area contributed by atoms with Crippen LogP contribution in [-0.4, -0.2) is 54.9 Å². The summed E-state index contributed by atoms with van der Waals surface area (Å²) in [7, 11) is 1.65. The number of amides is 1. The van der Waals surface area contributed by atoms with Crippen molar-refractivity contribution in [1.82, 2.24) is 4.90 Å². The molecule has 0 aliphatic carbocycles. The Balaban J connectivity index is 2.38. The van der Waals surface area contributed by atoms with Gasteiger partial charge >= 0.3 is 0 Å². The molecule has 106 valence electrons. The predicted octanol–water partition coefficient (Wildman–Crippen LogP) is 0.504. The van der Waals surface area contributed by atoms with Crippen LogP contribution in [0.5, 0.6) is 0 Å². The number of likely N-dealkylation sites (tertiary alicyclic amines) is 1. The predicted molar refractivity (Wildman–Crippen MR) is 70.1 cm³/mol. The maximum Gasteiger partial charge on any atom is 0.239 e. The third-order valence-corrected chi connectivity index (χ3v) is 3.54. The second kappa shape index (κ2) is 8.45. The lowest BCUT2D eigenvalue weighted by Gasteiger charge is -2.27. The standard InChI is InChI=1S/C13H26N2O3/c1-18-10-4-7-12(14)13(17)15-8-2-5-11(15)6-3-9-16/h11-12,16H,2-10,14H2,1H3. The normalized spacial score (nSPS) is 21.3. The Morgan fingerprint density at radius 1 is 1.56 bits per heavy atom. The summed E-state index contributed by atoms with van der Waals surface area (Å²) in [6.45, 7) is 1.65. The smallest absolute Gasteiger partial charge is 0.239 e. The Kier molecular flexibility index (Phi) is 7.23. The lowest BCUT2D eigenvalue weighted by molar-refractivity contribution is -0.133. The molecule has 1 aliphatic heterocycles. The minimum atomic E-state index is -0.408. The van der Waals surface area contributed by atoms with Gasteiger partial charge in [-0.3, -0.25) is 4.79 Å². The molecule has 0 aromatic heterocycles. The molecular weight excluding hydrogens is 232 g/mol. The Bertz CT molecular complexity index is 248. The number of nitrogens with two attached hydrogens (primary N) is 1. The van der Waals surface area contributed by atoms with Crippen molar-refractivity contribution < 1.29 is 14.6 Å². The molecule has 1 saturated heterocycles. The molecule has 1 heterocycles. The van der Waals surface area contributed by atoms with E-state index >= 15 is 0 Å². The molecule has 1 fully saturated rings. The quantitative estimate of drug-likeness (QED) is 0.622. The van der Waals surface area contributed by atoms with Gasteiger partial charge in [-0.1, -0.05) is 0 Å². The summed E-state index contributed by atoms with van der Waals surface area (Å²) in [5.41, 5.74) is 5.93. The lowest BCUT2D eigenvalue weighted by atomic mass is 10.1. The molecule has 2 unspecified atom stereocenters. The van der Waals surface area contributed by atoms with Gasteiger partial charge in [-0.05, 0) is 38.5 Å². The number of aliphatic hydroxyl groups excluding tert-OH is 1. The number of hydrogen-bond donors (Lipinski definition) is 2. The van der Waals surface area contributed by atoms with Gasteiger partial charge in [0.2, 0.25) is 5.91 Å². The average molecular weight is 258 g/mol. The van der Waals surface area contributed by atoms with E-state index in [0.717, 1.165) is 38.6 Å². The van der Waals surface area contributed by atoms with E-state index in [1.807, 2.05) is 4.90 Å². The number of carbonyl (C=O) groups excluding carboxylic acids is 1. The van der Waals surface area contributed by atoms with E-state index in [1.54, 1.807) is 7.11 Å². The van der Waals surface area contributed by atoms with Crippen LogP contribution >= 0.6 is 0 Å². The largest absolute Gasteiger partial charge is 0.396 e. The first-order valence-corrected chi connectivity index (χ1v) is 6.86. The molecule has 0 spiro atoms. The molecule has 0 aromatic rings. The van der Waals surface area contributed by atoms with Crippen molar-refractivity contribution in [3.8, 4) is 0 Å². The van der Waals surface area contributed by atoms with Crippen LogP contribution in [0.3, 0.4) is 0 Å². The highest BCUT2D eigenvalue weighted by atomic mass is 16.5. The van der Waals surface area contributed by atoms with Crippen LogP contribution in [0.1, 0.15) is 38.5 Å². The topological polar surface area (TPSA) is 75.8 Å². The van der Waals surface area contributed by atoms with Gasteiger partial charge < -0.3 is 20.5 Å². The van der Waals surface area contributed by atoms with E-state index in [9.17, 15) is 4.79 Å². The summed E-state index contributed by atoms with van der Waals surface area (Å²) < 4.78 is 4.96. The van der Waals surface area contributed by atoms with Crippen LogP contribution in [0.25, 0.3) is 0 Å². The zero-order valence-electron chi connectivity index (χ0n) is 11.3. The highest BCUT2D eigenvalue weighted by Crippen LogP contribution is 2.22. The molecule has 3 N–H and O–H groups in total. The van der Waals surface area contributed by atoms with Crippen LogP contribution < -0.4 is 5.73 Å². The van der Waals surface area contributed by atoms with Gasteiger partial charge in [0.15, 0.2) is 0 Å². The third kappa shape index (κ3) is 4.55. The minimum Gasteiger partial charge on any atom is -0.396 e. The number of carbonyl (C=O) groups is 1. The maximum atomic E-state index is 12.2. The van der Waals surface area contributed by atoms with Crippen LogP contribution in [0.15, 0.2) is 0 Å². The molecule has 1 aliphatic rings. The van der Waals surface area contributed by atoms with Gasteiger partial charge in [-0.2, -0.15) is 0 Å². The molecule has 1 amide bonds. The first kappa shape index (κ1) is 15.4. The van der Waals surface area contributed by atoms with Gasteiger partial charge in [-0.25, -0.2) is 0 Å². The first-order chi connectivity index (χ1) is 8.70. The van der Waals surface area contributed by atoms with Crippen LogP contribution in [-0.2, 0) is 9.53 Å². The molecular formula is C13H26N2O3. The van der Waals surface area contributed by atoms with E-state index in [1.165, 1.54) is 0 Å². The van der Waals surface area contributed by atoms with Gasteiger partial charge in [0, 0.05) is 32.9 Å². The second-order valence-electron chi connectivity index (χ2n) is 4.94. The fourth-order valence-electron chi connectivity index (χ4n) is 2.54. The van der Waals surface area contributed by atoms with Crippen molar-refractivity contribution in [3.63, 3.8) is 0 Å². The fraction of sp³-hybridized carbons (Fsp3) is 0.923. The van der Waals surface area contributed by atoms with Crippen molar-refractivity contribution >= 4 is 5.91 Å². The number of methoxy groups -OCH3 is 1. The summed E-state index contributed by atoms with van der Waals surface area (Å²) in [6.07, 6.45) is 5.22. The van der Waals surface area contributed by atoms with E-state index in [-0.39, 0.29) is 18.6 Å². The zero-order chi connectivity index (χ0) is 13.4. The molecule has 0 aromatic carbocycles. The molecule has 0 bridgehead atoms. The Hall–Kier alpha value is -0.650. The van der Waals surface area contributed by atoms with E-state index < -0.39 is 6.04 Å². The van der Waals surface area contributed by atoms with Crippen molar-refractivity contribution in [2.24, 2.45) is 5.73 Å². The van der Waals surface area contributed by atoms with Crippen LogP contribution in [0.4, 0.5) is 0 Å².